The maximum Gasteiger partial charge on any atom is 0.271 e. The Bertz CT molecular complexity index is 2220. The fraction of sp³-hybridized carbons (Fsp3) is 0.371. The zero-order chi connectivity index (χ0) is 35.9. The summed E-state index contributed by atoms with van der Waals surface area (Å²) in [5, 5.41) is 41.3. The fourth-order valence-corrected chi connectivity index (χ4v) is 6.92. The molecule has 17 nitrogen and oxygen atoms in total. The number of aliphatic hydroxyl groups excluding tert-OH is 2. The Hall–Kier alpha value is -5.78. The van der Waals surface area contributed by atoms with Crippen LogP contribution in [0.4, 0.5) is 17.5 Å². The van der Waals surface area contributed by atoms with E-state index < -0.39 is 35.4 Å². The summed E-state index contributed by atoms with van der Waals surface area (Å²) in [5.41, 5.74) is 1.99. The van der Waals surface area contributed by atoms with Crippen molar-refractivity contribution in [3.63, 3.8) is 0 Å². The third-order valence-electron chi connectivity index (χ3n) is 9.70. The summed E-state index contributed by atoms with van der Waals surface area (Å²) < 4.78 is 12.9. The Morgan fingerprint density at radius 1 is 1.00 bits per heavy atom. The van der Waals surface area contributed by atoms with Gasteiger partial charge in [0.15, 0.2) is 35.1 Å². The maximum atomic E-state index is 12.2. The number of rotatable bonds is 12. The normalized spacial score (nSPS) is 21.8. The number of imidazole rings is 1. The Morgan fingerprint density at radius 2 is 1.73 bits per heavy atom. The summed E-state index contributed by atoms with van der Waals surface area (Å²) >= 11 is 0. The van der Waals surface area contributed by atoms with E-state index in [9.17, 15) is 19.8 Å². The molecule has 5 heterocycles. The number of hydrogen-bond acceptors (Lipinski definition) is 15. The van der Waals surface area contributed by atoms with E-state index in [1.807, 2.05) is 48.2 Å². The lowest BCUT2D eigenvalue weighted by atomic mass is 9.91. The zero-order valence-corrected chi connectivity index (χ0v) is 28.4. The van der Waals surface area contributed by atoms with Crippen molar-refractivity contribution in [3.8, 4) is 5.75 Å². The van der Waals surface area contributed by atoms with Crippen LogP contribution in [0.5, 0.6) is 5.75 Å². The van der Waals surface area contributed by atoms with Crippen LogP contribution in [0.3, 0.4) is 0 Å². The van der Waals surface area contributed by atoms with Gasteiger partial charge >= 0.3 is 0 Å². The van der Waals surface area contributed by atoms with Gasteiger partial charge in [-0.1, -0.05) is 60.7 Å². The molecule has 2 aliphatic heterocycles. The number of ether oxygens (including phenoxy) is 2. The predicted molar refractivity (Wildman–Crippen MR) is 189 cm³/mol. The summed E-state index contributed by atoms with van der Waals surface area (Å²) in [7, 11) is 1.36. The molecular formula is C35H37N11O6. The Kier molecular flexibility index (Phi) is 8.82. The van der Waals surface area contributed by atoms with Crippen LogP contribution in [-0.4, -0.2) is 94.9 Å². The van der Waals surface area contributed by atoms with Crippen LogP contribution in [0.15, 0.2) is 76.6 Å². The van der Waals surface area contributed by atoms with E-state index in [4.69, 9.17) is 19.4 Å². The van der Waals surface area contributed by atoms with Crippen LogP contribution in [0, 0.1) is 0 Å². The van der Waals surface area contributed by atoms with Gasteiger partial charge in [0.25, 0.3) is 10.9 Å². The third kappa shape index (κ3) is 5.91. The second-order valence-corrected chi connectivity index (χ2v) is 12.9. The van der Waals surface area contributed by atoms with E-state index in [-0.39, 0.29) is 29.2 Å². The predicted octanol–water partition coefficient (Wildman–Crippen LogP) is 1.36. The number of methoxy groups -OCH3 is 1. The lowest BCUT2D eigenvalue weighted by molar-refractivity contribution is -0.0384. The highest BCUT2D eigenvalue weighted by atomic mass is 16.6. The second-order valence-electron chi connectivity index (χ2n) is 12.9. The van der Waals surface area contributed by atoms with Gasteiger partial charge in [-0.3, -0.25) is 14.2 Å². The molecule has 2 fully saturated rings. The standard InChI is InChI=1S/C35H37N11O6/c1-3-46-42-32(41-43-46)30-27(49)28(50)34(52-30)45-18-37-24-31(36-16-22(19-10-6-4-7-11-19)20-12-8-5-9-13-20)39-35(40-33(24)45)44-15-14-21(17-44)38-23-25(47)26(48)29(23)51-2/h4-13,18,21-22,27-28,30,34,38,49-50H,3,14-17H2,1-2H3,(H,36,39,40)/t21-,27+,28+,30+,34-/m1/s1. The minimum atomic E-state index is -1.36. The van der Waals surface area contributed by atoms with E-state index in [0.29, 0.717) is 55.5 Å². The largest absolute Gasteiger partial charge is 0.491 e. The van der Waals surface area contributed by atoms with E-state index in [2.05, 4.69) is 55.3 Å². The Morgan fingerprint density at radius 3 is 2.40 bits per heavy atom. The number of tetrazole rings is 1. The maximum absolute atomic E-state index is 12.2. The van der Waals surface area contributed by atoms with E-state index in [1.54, 1.807) is 4.57 Å². The van der Waals surface area contributed by atoms with Gasteiger partial charge in [-0.2, -0.15) is 14.8 Å². The average molecular weight is 708 g/mol. The smallest absolute Gasteiger partial charge is 0.271 e. The molecule has 2 saturated heterocycles. The number of nitrogens with one attached hydrogen (secondary N) is 2. The van der Waals surface area contributed by atoms with Crippen LogP contribution < -0.4 is 31.1 Å². The van der Waals surface area contributed by atoms with E-state index >= 15 is 0 Å². The van der Waals surface area contributed by atoms with Crippen LogP contribution in [0.25, 0.3) is 11.2 Å². The minimum absolute atomic E-state index is 0.0239. The molecule has 0 radical (unpaired) electrons. The summed E-state index contributed by atoms with van der Waals surface area (Å²) in [6.07, 6.45) is -2.67. The van der Waals surface area contributed by atoms with Gasteiger partial charge in [-0.05, 0) is 29.7 Å². The van der Waals surface area contributed by atoms with Crippen molar-refractivity contribution >= 4 is 28.6 Å². The van der Waals surface area contributed by atoms with Crippen molar-refractivity contribution in [2.45, 2.75) is 56.4 Å². The second kappa shape index (κ2) is 13.7. The molecule has 3 aromatic heterocycles. The molecule has 3 aromatic carbocycles. The van der Waals surface area contributed by atoms with Gasteiger partial charge in [0.2, 0.25) is 11.8 Å². The highest BCUT2D eigenvalue weighted by Gasteiger charge is 2.47. The number of aryl methyl sites for hydroxylation is 1. The first-order valence-corrected chi connectivity index (χ1v) is 17.1. The molecule has 0 bridgehead atoms. The third-order valence-corrected chi connectivity index (χ3v) is 9.70. The van der Waals surface area contributed by atoms with Crippen LogP contribution in [0.1, 0.15) is 48.5 Å². The average Bonchev–Trinajstić information content (AvgIpc) is 3.99. The molecule has 17 heteroatoms. The Balaban J connectivity index is 1.14. The van der Waals surface area contributed by atoms with Gasteiger partial charge in [-0.25, -0.2) is 4.98 Å². The number of benzene rings is 2. The quantitative estimate of drug-likeness (QED) is 0.133. The lowest BCUT2D eigenvalue weighted by Crippen LogP contribution is -2.38. The molecule has 6 aromatic rings. The number of anilines is 3. The molecule has 268 valence electrons. The first-order chi connectivity index (χ1) is 25.3. The van der Waals surface area contributed by atoms with Crippen molar-refractivity contribution in [1.82, 2.24) is 39.7 Å². The molecular weight excluding hydrogens is 670 g/mol. The molecule has 4 N–H and O–H groups in total. The van der Waals surface area contributed by atoms with Crippen molar-refractivity contribution < 1.29 is 19.7 Å². The summed E-state index contributed by atoms with van der Waals surface area (Å²) in [5.74, 6) is 1.01. The number of aliphatic hydroxyl groups is 2. The summed E-state index contributed by atoms with van der Waals surface area (Å²) in [6.45, 7) is 3.79. The van der Waals surface area contributed by atoms with Gasteiger partial charge in [0.05, 0.1) is 20.0 Å². The molecule has 2 aliphatic rings. The highest BCUT2D eigenvalue weighted by molar-refractivity contribution is 5.84. The van der Waals surface area contributed by atoms with Crippen LogP contribution in [0.2, 0.25) is 0 Å². The number of aromatic nitrogens is 8. The monoisotopic (exact) mass is 707 g/mol. The SMILES string of the molecule is CCn1nnc([C@H]2O[C@@H](n3cnc4c(NCC(c5ccccc5)c5ccccc5)nc(N5CC[C@@H](Nc6c(OC)c(=O)c6=O)C5)nc43)[C@@H](O)[C@@H]2O)n1. The van der Waals surface area contributed by atoms with E-state index in [1.165, 1.54) is 18.2 Å². The van der Waals surface area contributed by atoms with Gasteiger partial charge in [0.1, 0.15) is 17.9 Å². The van der Waals surface area contributed by atoms with Crippen molar-refractivity contribution in [3.05, 3.63) is 104 Å². The fourth-order valence-electron chi connectivity index (χ4n) is 6.92. The first-order valence-electron chi connectivity index (χ1n) is 17.1. The number of hydrogen-bond donors (Lipinski definition) is 4. The summed E-state index contributed by atoms with van der Waals surface area (Å²) in [4.78, 5) is 42.0. The van der Waals surface area contributed by atoms with Gasteiger partial charge < -0.3 is 35.2 Å². The minimum Gasteiger partial charge on any atom is -0.491 e. The Labute approximate surface area is 296 Å². The molecule has 0 unspecified atom stereocenters. The first kappa shape index (κ1) is 33.4. The highest BCUT2D eigenvalue weighted by Crippen LogP contribution is 2.39. The molecule has 0 saturated carbocycles. The zero-order valence-electron chi connectivity index (χ0n) is 28.4. The van der Waals surface area contributed by atoms with Gasteiger partial charge in [-0.15, -0.1) is 10.2 Å². The molecule has 8 rings (SSSR count). The van der Waals surface area contributed by atoms with Crippen LogP contribution >= 0.6 is 0 Å². The van der Waals surface area contributed by atoms with E-state index in [0.717, 1.165) is 11.1 Å². The molecule has 0 aliphatic carbocycles. The van der Waals surface area contributed by atoms with Crippen LogP contribution in [-0.2, 0) is 11.3 Å². The molecule has 0 spiro atoms. The summed E-state index contributed by atoms with van der Waals surface area (Å²) in [6, 6.07) is 20.2. The molecule has 52 heavy (non-hydrogen) atoms. The topological polar surface area (TPSA) is 208 Å². The number of nitrogens with zero attached hydrogens (tertiary/aromatic N) is 9. The number of fused-ring (bicyclic) bond motifs is 1. The van der Waals surface area contributed by atoms with Crippen molar-refractivity contribution in [2.75, 3.05) is 42.3 Å². The van der Waals surface area contributed by atoms with Crippen molar-refractivity contribution in [2.24, 2.45) is 0 Å². The van der Waals surface area contributed by atoms with Crippen molar-refractivity contribution in [1.29, 1.82) is 0 Å². The molecule has 5 atom stereocenters. The lowest BCUT2D eigenvalue weighted by Gasteiger charge is -2.22. The van der Waals surface area contributed by atoms with Gasteiger partial charge in [0, 0.05) is 31.6 Å². The molecule has 0 amide bonds.